The third-order valence-electron chi connectivity index (χ3n) is 3.97. The summed E-state index contributed by atoms with van der Waals surface area (Å²) in [4.78, 5) is 9.10. The van der Waals surface area contributed by atoms with E-state index in [1.54, 1.807) is 24.3 Å². The molecule has 0 unspecified atom stereocenters. The highest BCUT2D eigenvalue weighted by Crippen LogP contribution is 2.21. The molecule has 3 aromatic carbocycles. The third-order valence-corrected chi connectivity index (χ3v) is 3.97. The van der Waals surface area contributed by atoms with Gasteiger partial charge < -0.3 is 0 Å². The molecule has 0 aromatic heterocycles. The van der Waals surface area contributed by atoms with E-state index in [0.717, 1.165) is 33.9 Å². The van der Waals surface area contributed by atoms with Gasteiger partial charge in [0.15, 0.2) is 0 Å². The Morgan fingerprint density at radius 2 is 0.846 bits per heavy atom. The van der Waals surface area contributed by atoms with E-state index in [2.05, 4.69) is 9.98 Å². The van der Waals surface area contributed by atoms with E-state index < -0.39 is 0 Å². The lowest BCUT2D eigenvalue weighted by Gasteiger charge is -2.03. The van der Waals surface area contributed by atoms with E-state index in [0.29, 0.717) is 0 Å². The number of aliphatic imine (C=N–C) groups is 2. The predicted molar refractivity (Wildman–Crippen MR) is 103 cm³/mol. The van der Waals surface area contributed by atoms with Crippen LogP contribution in [0.1, 0.15) is 25.0 Å². The Bertz CT molecular complexity index is 858. The van der Waals surface area contributed by atoms with Crippen molar-refractivity contribution in [3.8, 4) is 0 Å². The van der Waals surface area contributed by atoms with Crippen LogP contribution in [-0.2, 0) is 0 Å². The molecule has 0 radical (unpaired) electrons. The zero-order valence-corrected chi connectivity index (χ0v) is 14.6. The van der Waals surface area contributed by atoms with Gasteiger partial charge >= 0.3 is 0 Å². The van der Waals surface area contributed by atoms with Crippen molar-refractivity contribution in [1.82, 2.24) is 0 Å². The summed E-state index contributed by atoms with van der Waals surface area (Å²) in [6.07, 6.45) is 0. The van der Waals surface area contributed by atoms with Crippen LogP contribution < -0.4 is 0 Å². The van der Waals surface area contributed by atoms with E-state index >= 15 is 0 Å². The van der Waals surface area contributed by atoms with Gasteiger partial charge in [-0.15, -0.1) is 0 Å². The second-order valence-corrected chi connectivity index (χ2v) is 5.92. The maximum absolute atomic E-state index is 13.0. The SMILES string of the molecule is CC(=Nc1ccc(N=C(C)c2ccc(F)cc2)cc1)c1ccc(F)cc1. The minimum absolute atomic E-state index is 0.264. The molecule has 4 heteroatoms. The molecular weight excluding hydrogens is 330 g/mol. The number of hydrogen-bond donors (Lipinski definition) is 0. The van der Waals surface area contributed by atoms with Crippen LogP contribution in [0.3, 0.4) is 0 Å². The molecule has 3 aromatic rings. The molecule has 0 aliphatic heterocycles. The van der Waals surface area contributed by atoms with Gasteiger partial charge in [0.2, 0.25) is 0 Å². The van der Waals surface area contributed by atoms with E-state index in [1.165, 1.54) is 24.3 Å². The fourth-order valence-corrected chi connectivity index (χ4v) is 2.50. The average molecular weight is 348 g/mol. The standard InChI is InChI=1S/C22H18F2N2/c1-15(17-3-7-19(23)8-4-17)25-21-11-13-22(14-12-21)26-16(2)18-5-9-20(24)10-6-18/h3-14H,1-2H3. The smallest absolute Gasteiger partial charge is 0.123 e. The minimum Gasteiger partial charge on any atom is -0.253 e. The third kappa shape index (κ3) is 4.48. The van der Waals surface area contributed by atoms with Crippen molar-refractivity contribution in [2.75, 3.05) is 0 Å². The fraction of sp³-hybridized carbons (Fsp3) is 0.0909. The van der Waals surface area contributed by atoms with Crippen LogP contribution in [0.4, 0.5) is 20.2 Å². The fourth-order valence-electron chi connectivity index (χ4n) is 2.50. The Morgan fingerprint density at radius 1 is 0.538 bits per heavy atom. The van der Waals surface area contributed by atoms with Crippen LogP contribution >= 0.6 is 0 Å². The Labute approximate surface area is 151 Å². The molecule has 0 N–H and O–H groups in total. The van der Waals surface area contributed by atoms with Crippen LogP contribution in [0.15, 0.2) is 82.8 Å². The Morgan fingerprint density at radius 3 is 1.15 bits per heavy atom. The van der Waals surface area contributed by atoms with Gasteiger partial charge in [0, 0.05) is 11.4 Å². The topological polar surface area (TPSA) is 24.7 Å². The minimum atomic E-state index is -0.264. The Balaban J connectivity index is 1.77. The highest BCUT2D eigenvalue weighted by Gasteiger charge is 2.01. The summed E-state index contributed by atoms with van der Waals surface area (Å²) in [5, 5.41) is 0. The second-order valence-electron chi connectivity index (χ2n) is 5.92. The van der Waals surface area contributed by atoms with Gasteiger partial charge in [-0.05, 0) is 73.5 Å². The normalized spacial score (nSPS) is 12.3. The van der Waals surface area contributed by atoms with Gasteiger partial charge in [-0.2, -0.15) is 0 Å². The zero-order chi connectivity index (χ0) is 18.5. The molecule has 0 spiro atoms. The first kappa shape index (κ1) is 17.7. The van der Waals surface area contributed by atoms with Gasteiger partial charge in [0.25, 0.3) is 0 Å². The Kier molecular flexibility index (Phi) is 5.32. The highest BCUT2D eigenvalue weighted by molar-refractivity contribution is 6.01. The number of rotatable bonds is 4. The van der Waals surface area contributed by atoms with Crippen LogP contribution in [0, 0.1) is 11.6 Å². The van der Waals surface area contributed by atoms with Crippen molar-refractivity contribution in [3.05, 3.63) is 95.6 Å². The lowest BCUT2D eigenvalue weighted by atomic mass is 10.1. The van der Waals surface area contributed by atoms with Crippen LogP contribution in [0.25, 0.3) is 0 Å². The second kappa shape index (κ2) is 7.83. The van der Waals surface area contributed by atoms with E-state index in [1.807, 2.05) is 38.1 Å². The maximum Gasteiger partial charge on any atom is 0.123 e. The summed E-state index contributed by atoms with van der Waals surface area (Å²) in [5.41, 5.74) is 4.96. The van der Waals surface area contributed by atoms with E-state index in [9.17, 15) is 8.78 Å². The molecule has 0 fully saturated rings. The summed E-state index contributed by atoms with van der Waals surface area (Å²) in [7, 11) is 0. The molecule has 0 aliphatic rings. The predicted octanol–water partition coefficient (Wildman–Crippen LogP) is 6.25. The molecule has 0 saturated carbocycles. The maximum atomic E-state index is 13.0. The number of benzene rings is 3. The van der Waals surface area contributed by atoms with E-state index in [4.69, 9.17) is 0 Å². The molecule has 26 heavy (non-hydrogen) atoms. The molecule has 0 bridgehead atoms. The zero-order valence-electron chi connectivity index (χ0n) is 14.6. The first-order valence-corrected chi connectivity index (χ1v) is 8.24. The molecule has 0 atom stereocenters. The monoisotopic (exact) mass is 348 g/mol. The first-order chi connectivity index (χ1) is 12.5. The lowest BCUT2D eigenvalue weighted by molar-refractivity contribution is 0.627. The lowest BCUT2D eigenvalue weighted by Crippen LogP contribution is -1.94. The molecule has 0 aliphatic carbocycles. The summed E-state index contributed by atoms with van der Waals surface area (Å²) in [5.74, 6) is -0.527. The van der Waals surface area contributed by atoms with Crippen LogP contribution in [0.5, 0.6) is 0 Å². The van der Waals surface area contributed by atoms with Crippen molar-refractivity contribution in [2.24, 2.45) is 9.98 Å². The van der Waals surface area contributed by atoms with Crippen molar-refractivity contribution in [2.45, 2.75) is 13.8 Å². The summed E-state index contributed by atoms with van der Waals surface area (Å²) in [6, 6.07) is 20.0. The van der Waals surface area contributed by atoms with Gasteiger partial charge in [-0.1, -0.05) is 24.3 Å². The Hall–Kier alpha value is -3.14. The molecular formula is C22H18F2N2. The summed E-state index contributed by atoms with van der Waals surface area (Å²) in [6.45, 7) is 3.77. The van der Waals surface area contributed by atoms with Crippen molar-refractivity contribution in [3.63, 3.8) is 0 Å². The summed E-state index contributed by atoms with van der Waals surface area (Å²) < 4.78 is 26.0. The van der Waals surface area contributed by atoms with Crippen LogP contribution in [-0.4, -0.2) is 11.4 Å². The molecule has 0 amide bonds. The number of nitrogens with zero attached hydrogens (tertiary/aromatic N) is 2. The average Bonchev–Trinajstić information content (AvgIpc) is 2.64. The van der Waals surface area contributed by atoms with E-state index in [-0.39, 0.29) is 11.6 Å². The van der Waals surface area contributed by atoms with Gasteiger partial charge in [0.05, 0.1) is 11.4 Å². The highest BCUT2D eigenvalue weighted by atomic mass is 19.1. The van der Waals surface area contributed by atoms with Gasteiger partial charge in [0.1, 0.15) is 11.6 Å². The van der Waals surface area contributed by atoms with Crippen molar-refractivity contribution < 1.29 is 8.78 Å². The van der Waals surface area contributed by atoms with Crippen molar-refractivity contribution in [1.29, 1.82) is 0 Å². The number of halogens is 2. The van der Waals surface area contributed by atoms with Crippen LogP contribution in [0.2, 0.25) is 0 Å². The summed E-state index contributed by atoms with van der Waals surface area (Å²) >= 11 is 0. The molecule has 3 rings (SSSR count). The van der Waals surface area contributed by atoms with Gasteiger partial charge in [-0.25, -0.2) is 8.78 Å². The molecule has 130 valence electrons. The van der Waals surface area contributed by atoms with Gasteiger partial charge in [-0.3, -0.25) is 9.98 Å². The first-order valence-electron chi connectivity index (χ1n) is 8.24. The largest absolute Gasteiger partial charge is 0.253 e. The quantitative estimate of drug-likeness (QED) is 0.498. The van der Waals surface area contributed by atoms with Crippen molar-refractivity contribution >= 4 is 22.8 Å². The number of hydrogen-bond acceptors (Lipinski definition) is 2. The molecule has 0 saturated heterocycles. The molecule has 2 nitrogen and oxygen atoms in total. The molecule has 0 heterocycles.